The second-order valence-electron chi connectivity index (χ2n) is 5.81. The molecule has 0 bridgehead atoms. The Bertz CT molecular complexity index is 1010. The average Bonchev–Trinajstić information content (AvgIpc) is 3.05. The maximum Gasteiger partial charge on any atom is 0.275 e. The largest absolute Gasteiger partial charge is 0.497 e. The Morgan fingerprint density at radius 1 is 1.22 bits per heavy atom. The molecule has 0 aliphatic carbocycles. The molecule has 0 aliphatic rings. The highest BCUT2D eigenvalue weighted by molar-refractivity contribution is 6.01. The number of hydrogen-bond acceptors (Lipinski definition) is 4. The van der Waals surface area contributed by atoms with Gasteiger partial charge < -0.3 is 14.0 Å². The fraction of sp³-hybridized carbons (Fsp3) is 0.143. The van der Waals surface area contributed by atoms with Crippen molar-refractivity contribution < 1.29 is 14.3 Å². The van der Waals surface area contributed by atoms with E-state index in [0.29, 0.717) is 23.6 Å². The van der Waals surface area contributed by atoms with E-state index >= 15 is 0 Å². The molecule has 1 aromatic heterocycles. The molecular formula is C21H21N3O3. The van der Waals surface area contributed by atoms with Gasteiger partial charge in [0.1, 0.15) is 11.5 Å². The number of hydrogen-bond donors (Lipinski definition) is 1. The number of para-hydroxylation sites is 1. The summed E-state index contributed by atoms with van der Waals surface area (Å²) < 4.78 is 12.5. The molecule has 6 heteroatoms. The standard InChI is InChI=1S/C21H21N3O3/c1-4-11-24-14-15(17-7-5-6-8-19(17)24)13-22-23-21(25)18-10-9-16(26-2)12-20(18)27-3/h4-10,12-14H,1,11H2,2-3H3,(H,23,25)/b22-13-. The lowest BCUT2D eigenvalue weighted by Gasteiger charge is -2.08. The van der Waals surface area contributed by atoms with E-state index in [4.69, 9.17) is 9.47 Å². The molecule has 3 rings (SSSR count). The van der Waals surface area contributed by atoms with Crippen molar-refractivity contribution in [1.82, 2.24) is 9.99 Å². The van der Waals surface area contributed by atoms with Crippen LogP contribution in [0, 0.1) is 0 Å². The summed E-state index contributed by atoms with van der Waals surface area (Å²) in [5.74, 6) is 0.673. The van der Waals surface area contributed by atoms with Crippen LogP contribution in [0.1, 0.15) is 15.9 Å². The third-order valence-corrected chi connectivity index (χ3v) is 4.17. The van der Waals surface area contributed by atoms with Crippen molar-refractivity contribution in [2.75, 3.05) is 14.2 Å². The highest BCUT2D eigenvalue weighted by Gasteiger charge is 2.13. The first-order chi connectivity index (χ1) is 13.2. The lowest BCUT2D eigenvalue weighted by Crippen LogP contribution is -2.18. The second-order valence-corrected chi connectivity index (χ2v) is 5.81. The second kappa shape index (κ2) is 8.23. The number of amides is 1. The van der Waals surface area contributed by atoms with Gasteiger partial charge in [0.05, 0.1) is 26.0 Å². The van der Waals surface area contributed by atoms with E-state index in [9.17, 15) is 4.79 Å². The molecule has 0 radical (unpaired) electrons. The van der Waals surface area contributed by atoms with Crippen LogP contribution in [0.4, 0.5) is 0 Å². The number of hydrazone groups is 1. The predicted octanol–water partition coefficient (Wildman–Crippen LogP) is 3.61. The van der Waals surface area contributed by atoms with Crippen LogP contribution in [-0.4, -0.2) is 30.9 Å². The number of aromatic nitrogens is 1. The van der Waals surface area contributed by atoms with Crippen LogP contribution in [0.2, 0.25) is 0 Å². The first-order valence-electron chi connectivity index (χ1n) is 8.42. The van der Waals surface area contributed by atoms with Crippen molar-refractivity contribution in [2.24, 2.45) is 5.10 Å². The zero-order valence-electron chi connectivity index (χ0n) is 15.3. The molecule has 0 aliphatic heterocycles. The van der Waals surface area contributed by atoms with E-state index in [1.54, 1.807) is 31.5 Å². The summed E-state index contributed by atoms with van der Waals surface area (Å²) in [5, 5.41) is 5.16. The van der Waals surface area contributed by atoms with Gasteiger partial charge in [0.25, 0.3) is 5.91 Å². The first kappa shape index (κ1) is 18.3. The van der Waals surface area contributed by atoms with Crippen LogP contribution in [0.25, 0.3) is 10.9 Å². The highest BCUT2D eigenvalue weighted by Crippen LogP contribution is 2.24. The van der Waals surface area contributed by atoms with Gasteiger partial charge in [-0.2, -0.15) is 5.10 Å². The molecule has 0 spiro atoms. The minimum absolute atomic E-state index is 0.361. The monoisotopic (exact) mass is 363 g/mol. The zero-order chi connectivity index (χ0) is 19.2. The number of rotatable bonds is 7. The van der Waals surface area contributed by atoms with Crippen molar-refractivity contribution in [3.8, 4) is 11.5 Å². The molecule has 0 fully saturated rings. The Morgan fingerprint density at radius 2 is 2.04 bits per heavy atom. The van der Waals surface area contributed by atoms with E-state index in [1.165, 1.54) is 7.11 Å². The van der Waals surface area contributed by atoms with Gasteiger partial charge in [0, 0.05) is 35.3 Å². The van der Waals surface area contributed by atoms with Crippen molar-refractivity contribution in [2.45, 2.75) is 6.54 Å². The number of fused-ring (bicyclic) bond motifs is 1. The summed E-state index contributed by atoms with van der Waals surface area (Å²) in [6, 6.07) is 13.0. The Hall–Kier alpha value is -3.54. The van der Waals surface area contributed by atoms with E-state index in [-0.39, 0.29) is 5.91 Å². The van der Waals surface area contributed by atoms with Crippen molar-refractivity contribution >= 4 is 23.0 Å². The summed E-state index contributed by atoms with van der Waals surface area (Å²) in [5.41, 5.74) is 4.92. The number of carbonyl (C=O) groups is 1. The summed E-state index contributed by atoms with van der Waals surface area (Å²) in [4.78, 5) is 12.4. The van der Waals surface area contributed by atoms with Gasteiger partial charge in [-0.3, -0.25) is 4.79 Å². The quantitative estimate of drug-likeness (QED) is 0.396. The van der Waals surface area contributed by atoms with E-state index in [0.717, 1.165) is 16.5 Å². The van der Waals surface area contributed by atoms with Gasteiger partial charge in [-0.05, 0) is 18.2 Å². The Balaban J connectivity index is 1.81. The molecule has 0 saturated carbocycles. The Labute approximate surface area is 157 Å². The van der Waals surface area contributed by atoms with Gasteiger partial charge >= 0.3 is 0 Å². The summed E-state index contributed by atoms with van der Waals surface area (Å²) in [6.45, 7) is 4.49. The van der Waals surface area contributed by atoms with Crippen molar-refractivity contribution in [3.63, 3.8) is 0 Å². The maximum absolute atomic E-state index is 12.4. The van der Waals surface area contributed by atoms with Gasteiger partial charge in [-0.15, -0.1) is 6.58 Å². The third-order valence-electron chi connectivity index (χ3n) is 4.17. The molecular weight excluding hydrogens is 342 g/mol. The Kier molecular flexibility index (Phi) is 5.56. The molecule has 1 heterocycles. The maximum atomic E-state index is 12.4. The number of methoxy groups -OCH3 is 2. The molecule has 3 aromatic rings. The molecule has 6 nitrogen and oxygen atoms in total. The molecule has 138 valence electrons. The Morgan fingerprint density at radius 3 is 2.78 bits per heavy atom. The van der Waals surface area contributed by atoms with Crippen LogP contribution < -0.4 is 14.9 Å². The number of benzene rings is 2. The molecule has 1 amide bonds. The third kappa shape index (κ3) is 3.84. The van der Waals surface area contributed by atoms with Crippen molar-refractivity contribution in [3.05, 3.63) is 72.4 Å². The van der Waals surface area contributed by atoms with Gasteiger partial charge in [0.2, 0.25) is 0 Å². The topological polar surface area (TPSA) is 64.9 Å². The fourth-order valence-corrected chi connectivity index (χ4v) is 2.87. The molecule has 0 saturated heterocycles. The summed E-state index contributed by atoms with van der Waals surface area (Å²) in [7, 11) is 3.06. The zero-order valence-corrected chi connectivity index (χ0v) is 15.3. The van der Waals surface area contributed by atoms with Crippen molar-refractivity contribution in [1.29, 1.82) is 0 Å². The number of carbonyl (C=O) groups excluding carboxylic acids is 1. The minimum atomic E-state index is -0.361. The van der Waals surface area contributed by atoms with Gasteiger partial charge in [0.15, 0.2) is 0 Å². The van der Waals surface area contributed by atoms with Crippen LogP contribution in [-0.2, 0) is 6.54 Å². The molecule has 0 atom stereocenters. The fourth-order valence-electron chi connectivity index (χ4n) is 2.87. The molecule has 2 aromatic carbocycles. The first-order valence-corrected chi connectivity index (χ1v) is 8.42. The SMILES string of the molecule is C=CCn1cc(/C=N\NC(=O)c2ccc(OC)cc2OC)c2ccccc21. The van der Waals surface area contributed by atoms with Crippen LogP contribution in [0.5, 0.6) is 11.5 Å². The number of ether oxygens (including phenoxy) is 2. The normalized spacial score (nSPS) is 10.9. The van der Waals surface area contributed by atoms with Crippen LogP contribution >= 0.6 is 0 Å². The lowest BCUT2D eigenvalue weighted by atomic mass is 10.2. The van der Waals surface area contributed by atoms with E-state index in [1.807, 2.05) is 36.5 Å². The predicted molar refractivity (Wildman–Crippen MR) is 107 cm³/mol. The number of nitrogens with one attached hydrogen (secondary N) is 1. The van der Waals surface area contributed by atoms with Crippen LogP contribution in [0.15, 0.2) is 66.4 Å². The van der Waals surface area contributed by atoms with E-state index in [2.05, 4.69) is 21.7 Å². The molecule has 1 N–H and O–H groups in total. The minimum Gasteiger partial charge on any atom is -0.497 e. The molecule has 27 heavy (non-hydrogen) atoms. The van der Waals surface area contributed by atoms with Gasteiger partial charge in [-0.1, -0.05) is 24.3 Å². The van der Waals surface area contributed by atoms with E-state index < -0.39 is 0 Å². The smallest absolute Gasteiger partial charge is 0.275 e. The van der Waals surface area contributed by atoms with Gasteiger partial charge in [-0.25, -0.2) is 5.43 Å². The molecule has 0 unspecified atom stereocenters. The summed E-state index contributed by atoms with van der Waals surface area (Å²) >= 11 is 0. The van der Waals surface area contributed by atoms with Crippen LogP contribution in [0.3, 0.4) is 0 Å². The summed E-state index contributed by atoms with van der Waals surface area (Å²) in [6.07, 6.45) is 5.46. The number of allylic oxidation sites excluding steroid dienone is 1. The average molecular weight is 363 g/mol. The highest BCUT2D eigenvalue weighted by atomic mass is 16.5. The number of nitrogens with zero attached hydrogens (tertiary/aromatic N) is 2. The lowest BCUT2D eigenvalue weighted by molar-refractivity contribution is 0.0952.